The van der Waals surface area contributed by atoms with E-state index in [1.54, 1.807) is 0 Å². The molecule has 4 amide bonds. The van der Waals surface area contributed by atoms with Crippen molar-refractivity contribution >= 4 is 35.6 Å². The Balaban J connectivity index is 3.70. The first-order valence-electron chi connectivity index (χ1n) is 20.7. The number of hydrogen-bond donors (Lipinski definition) is 6. The van der Waals surface area contributed by atoms with E-state index >= 15 is 0 Å². The lowest BCUT2D eigenvalue weighted by molar-refractivity contribution is -0.140. The largest absolute Gasteiger partial charge is 0.481 e. The summed E-state index contributed by atoms with van der Waals surface area (Å²) in [7, 11) is 0. The summed E-state index contributed by atoms with van der Waals surface area (Å²) >= 11 is 0. The van der Waals surface area contributed by atoms with Gasteiger partial charge >= 0.3 is 11.9 Å². The lowest BCUT2D eigenvalue weighted by atomic mass is 10.0. The van der Waals surface area contributed by atoms with Crippen LogP contribution in [0.3, 0.4) is 0 Å². The van der Waals surface area contributed by atoms with E-state index in [4.69, 9.17) is 24.1 Å². The third-order valence-corrected chi connectivity index (χ3v) is 8.46. The Bertz CT molecular complexity index is 1080. The molecule has 0 aromatic rings. The number of ether oxygens (including phenoxy) is 4. The number of aliphatic carboxylic acids is 2. The number of carbonyl (C=O) groups excluding carboxylic acids is 4. The minimum absolute atomic E-state index is 0.00918. The average molecular weight is 801 g/mol. The van der Waals surface area contributed by atoms with Gasteiger partial charge in [0.1, 0.15) is 19.3 Å². The predicted molar refractivity (Wildman–Crippen MR) is 212 cm³/mol. The van der Waals surface area contributed by atoms with Crippen molar-refractivity contribution in [1.82, 2.24) is 21.3 Å². The molecule has 0 aliphatic heterocycles. The number of amides is 4. The van der Waals surface area contributed by atoms with Gasteiger partial charge in [-0.2, -0.15) is 0 Å². The van der Waals surface area contributed by atoms with E-state index in [2.05, 4.69) is 21.3 Å². The van der Waals surface area contributed by atoms with Crippen molar-refractivity contribution in [3.05, 3.63) is 12.2 Å². The molecule has 56 heavy (non-hydrogen) atoms. The van der Waals surface area contributed by atoms with Crippen LogP contribution in [0, 0.1) is 0 Å². The smallest absolute Gasteiger partial charge is 0.330 e. The summed E-state index contributed by atoms with van der Waals surface area (Å²) < 4.78 is 21.2. The van der Waals surface area contributed by atoms with Crippen molar-refractivity contribution in [2.75, 3.05) is 72.5 Å². The molecule has 0 bridgehead atoms. The van der Waals surface area contributed by atoms with Gasteiger partial charge in [0.15, 0.2) is 0 Å². The molecule has 0 heterocycles. The molecule has 0 radical (unpaired) electrons. The zero-order valence-corrected chi connectivity index (χ0v) is 33.9. The van der Waals surface area contributed by atoms with Crippen LogP contribution in [-0.4, -0.2) is 124 Å². The summed E-state index contributed by atoms with van der Waals surface area (Å²) in [6.45, 7) is 4.62. The molecule has 324 valence electrons. The minimum Gasteiger partial charge on any atom is -0.481 e. The molecule has 0 aromatic carbocycles. The lowest BCUT2D eigenvalue weighted by Crippen LogP contribution is -2.39. The molecule has 0 saturated heterocycles. The summed E-state index contributed by atoms with van der Waals surface area (Å²) in [6.07, 6.45) is 20.2. The summed E-state index contributed by atoms with van der Waals surface area (Å²) in [4.78, 5) is 69.8. The molecular formula is C40H72N4O12. The van der Waals surface area contributed by atoms with Gasteiger partial charge in [0.2, 0.25) is 23.6 Å². The Morgan fingerprint density at radius 3 is 1.39 bits per heavy atom. The zero-order valence-electron chi connectivity index (χ0n) is 33.9. The first kappa shape index (κ1) is 52.4. The highest BCUT2D eigenvalue weighted by atomic mass is 16.5. The Hall–Kier alpha value is -3.60. The molecule has 16 heteroatoms. The summed E-state index contributed by atoms with van der Waals surface area (Å²) in [5.74, 6) is -3.02. The topological polar surface area (TPSA) is 228 Å². The predicted octanol–water partition coefficient (Wildman–Crippen LogP) is 4.04. The number of carboxylic acids is 2. The zero-order chi connectivity index (χ0) is 41.3. The number of hydrogen-bond acceptors (Lipinski definition) is 10. The number of carboxylic acid groups (broad SMARTS) is 2. The fraction of sp³-hybridized carbons (Fsp3) is 0.800. The molecule has 0 aromatic heterocycles. The molecule has 0 unspecified atom stereocenters. The van der Waals surface area contributed by atoms with Crippen LogP contribution in [0.2, 0.25) is 0 Å². The third-order valence-electron chi connectivity index (χ3n) is 8.46. The molecule has 1 atom stereocenters. The fourth-order valence-electron chi connectivity index (χ4n) is 5.31. The van der Waals surface area contributed by atoms with Crippen molar-refractivity contribution in [2.45, 2.75) is 135 Å². The van der Waals surface area contributed by atoms with E-state index in [0.717, 1.165) is 51.4 Å². The van der Waals surface area contributed by atoms with Crippen molar-refractivity contribution in [2.24, 2.45) is 0 Å². The number of nitrogens with one attached hydrogen (secondary N) is 4. The molecule has 6 N–H and O–H groups in total. The van der Waals surface area contributed by atoms with Crippen molar-refractivity contribution in [1.29, 1.82) is 0 Å². The van der Waals surface area contributed by atoms with E-state index in [0.29, 0.717) is 32.7 Å². The van der Waals surface area contributed by atoms with E-state index in [1.807, 2.05) is 6.92 Å². The van der Waals surface area contributed by atoms with Gasteiger partial charge in [0.05, 0.1) is 39.6 Å². The van der Waals surface area contributed by atoms with Gasteiger partial charge in [0.25, 0.3) is 0 Å². The summed E-state index contributed by atoms with van der Waals surface area (Å²) in [5.41, 5.74) is 0. The Kier molecular flexibility index (Phi) is 37.1. The highest BCUT2D eigenvalue weighted by Crippen LogP contribution is 2.14. The van der Waals surface area contributed by atoms with Gasteiger partial charge in [-0.15, -0.1) is 0 Å². The normalized spacial score (nSPS) is 11.7. The lowest BCUT2D eigenvalue weighted by Gasteiger charge is -2.11. The fourth-order valence-corrected chi connectivity index (χ4v) is 5.31. The Labute approximate surface area is 333 Å². The maximum absolute atomic E-state index is 12.3. The van der Waals surface area contributed by atoms with Gasteiger partial charge in [-0.1, -0.05) is 103 Å². The van der Waals surface area contributed by atoms with Crippen LogP contribution in [0.4, 0.5) is 0 Å². The van der Waals surface area contributed by atoms with Gasteiger partial charge in [-0.25, -0.2) is 4.79 Å². The Morgan fingerprint density at radius 2 is 0.929 bits per heavy atom. The van der Waals surface area contributed by atoms with E-state index in [9.17, 15) is 33.9 Å². The summed E-state index contributed by atoms with van der Waals surface area (Å²) in [6, 6.07) is -1.21. The maximum atomic E-state index is 12.3. The van der Waals surface area contributed by atoms with Crippen LogP contribution >= 0.6 is 0 Å². The highest BCUT2D eigenvalue weighted by Gasteiger charge is 2.16. The van der Waals surface area contributed by atoms with Gasteiger partial charge in [-0.3, -0.25) is 24.0 Å². The van der Waals surface area contributed by atoms with Crippen LogP contribution in [0.1, 0.15) is 129 Å². The van der Waals surface area contributed by atoms with Crippen LogP contribution in [0.5, 0.6) is 0 Å². The second kappa shape index (κ2) is 39.6. The molecule has 0 spiro atoms. The molecular weight excluding hydrogens is 728 g/mol. The van der Waals surface area contributed by atoms with Crippen LogP contribution in [-0.2, 0) is 47.7 Å². The maximum Gasteiger partial charge on any atom is 0.330 e. The molecule has 0 aliphatic rings. The first-order valence-corrected chi connectivity index (χ1v) is 20.7. The molecule has 0 aliphatic carbocycles. The van der Waals surface area contributed by atoms with E-state index < -0.39 is 18.0 Å². The first-order chi connectivity index (χ1) is 27.1. The van der Waals surface area contributed by atoms with Crippen molar-refractivity contribution in [3.63, 3.8) is 0 Å². The number of carbonyl (C=O) groups is 6. The quantitative estimate of drug-likeness (QED) is 0.0381. The van der Waals surface area contributed by atoms with Crippen LogP contribution < -0.4 is 21.3 Å². The molecule has 16 nitrogen and oxygen atoms in total. The SMILES string of the molecule is CCCCNC(=O)COCCOCCNC(=O)COCCOCCNC(=O)C/C=C/[C@H](NC(=O)CCCCCCCCCCCCCCCCC(=O)O)C(=O)O. The standard InChI is InChI=1S/C40H72N4O12/c1-2-3-23-41-37(47)32-55-30-29-54-27-25-43-38(48)33-56-31-28-53-26-24-42-35(45)21-18-19-34(40(51)52)44-36(46)20-16-14-12-10-8-6-4-5-7-9-11-13-15-17-22-39(49)50/h18-19,34H,2-17,20-33H2,1H3,(H,41,47)(H,42,45)(H,43,48)(H,44,46)(H,49,50)(H,51,52)/b19-18+/t34-/m0/s1. The van der Waals surface area contributed by atoms with E-state index in [-0.39, 0.29) is 89.1 Å². The molecule has 0 rings (SSSR count). The second-order valence-corrected chi connectivity index (χ2v) is 13.6. The molecule has 0 fully saturated rings. The van der Waals surface area contributed by atoms with Crippen LogP contribution in [0.15, 0.2) is 12.2 Å². The second-order valence-electron chi connectivity index (χ2n) is 13.6. The van der Waals surface area contributed by atoms with Crippen molar-refractivity contribution in [3.8, 4) is 0 Å². The van der Waals surface area contributed by atoms with E-state index in [1.165, 1.54) is 57.1 Å². The molecule has 0 saturated carbocycles. The van der Waals surface area contributed by atoms with Gasteiger partial charge in [-0.05, 0) is 19.3 Å². The highest BCUT2D eigenvalue weighted by molar-refractivity contribution is 5.85. The van der Waals surface area contributed by atoms with Gasteiger partial charge < -0.3 is 50.4 Å². The Morgan fingerprint density at radius 1 is 0.500 bits per heavy atom. The monoisotopic (exact) mass is 801 g/mol. The average Bonchev–Trinajstić information content (AvgIpc) is 3.16. The third kappa shape index (κ3) is 38.7. The number of rotatable bonds is 41. The summed E-state index contributed by atoms with van der Waals surface area (Å²) in [5, 5.41) is 28.7. The van der Waals surface area contributed by atoms with Crippen LogP contribution in [0.25, 0.3) is 0 Å². The van der Waals surface area contributed by atoms with Gasteiger partial charge in [0, 0.05) is 38.9 Å². The minimum atomic E-state index is -1.21. The van der Waals surface area contributed by atoms with Crippen molar-refractivity contribution < 1.29 is 57.9 Å². The number of unbranched alkanes of at least 4 members (excludes halogenated alkanes) is 14.